The smallest absolute Gasteiger partial charge is 0.305 e. The van der Waals surface area contributed by atoms with Gasteiger partial charge in [0, 0.05) is 30.0 Å². The molecule has 0 aliphatic heterocycles. The van der Waals surface area contributed by atoms with E-state index >= 15 is 0 Å². The lowest BCUT2D eigenvalue weighted by molar-refractivity contribution is -0.140. The number of ether oxygens (including phenoxy) is 4. The zero-order valence-electron chi connectivity index (χ0n) is 23.5. The summed E-state index contributed by atoms with van der Waals surface area (Å²) >= 11 is 0. The van der Waals surface area contributed by atoms with Crippen molar-refractivity contribution < 1.29 is 33.0 Å². The number of Topliss-reactive ketones (excluding diaryl/α,β-unsaturated/α-hetero) is 1. The summed E-state index contributed by atoms with van der Waals surface area (Å²) in [5.74, 6) is 1.98. The molecule has 1 heterocycles. The molecular weight excluding hydrogens is 500 g/mol. The van der Waals surface area contributed by atoms with Crippen LogP contribution in [0.5, 0.6) is 17.2 Å². The standard InChI is InChI=1S/C31H38O8/c1-6-9-24-27(14-12-22(20(3)32)30(24)36-5)37-17-8-18-38-28-15-13-23-26(33)19-21(11-16-29(34)35-4)39-31(23)25(28)10-7-2/h12-15,19H,6-11,16-18H2,1-5H3. The van der Waals surface area contributed by atoms with Crippen LogP contribution in [0.25, 0.3) is 11.0 Å². The van der Waals surface area contributed by atoms with E-state index in [9.17, 15) is 14.4 Å². The molecule has 39 heavy (non-hydrogen) atoms. The van der Waals surface area contributed by atoms with Crippen molar-refractivity contribution in [1.82, 2.24) is 0 Å². The van der Waals surface area contributed by atoms with Crippen LogP contribution in [0.3, 0.4) is 0 Å². The molecule has 0 spiro atoms. The first-order valence-electron chi connectivity index (χ1n) is 13.5. The number of esters is 1. The van der Waals surface area contributed by atoms with E-state index in [1.54, 1.807) is 19.2 Å². The fraction of sp³-hybridized carbons (Fsp3) is 0.452. The van der Waals surface area contributed by atoms with E-state index in [1.807, 2.05) is 12.1 Å². The van der Waals surface area contributed by atoms with Gasteiger partial charge in [0.2, 0.25) is 0 Å². The molecule has 0 aliphatic rings. The number of methoxy groups -OCH3 is 2. The van der Waals surface area contributed by atoms with Gasteiger partial charge in [0.1, 0.15) is 28.6 Å². The highest BCUT2D eigenvalue weighted by Crippen LogP contribution is 2.34. The van der Waals surface area contributed by atoms with Crippen LogP contribution in [0.15, 0.2) is 39.5 Å². The molecule has 0 N–H and O–H groups in total. The average molecular weight is 539 g/mol. The molecule has 3 rings (SSSR count). The monoisotopic (exact) mass is 538 g/mol. The van der Waals surface area contributed by atoms with Crippen LogP contribution in [0.2, 0.25) is 0 Å². The summed E-state index contributed by atoms with van der Waals surface area (Å²) < 4.78 is 28.5. The van der Waals surface area contributed by atoms with Crippen LogP contribution in [0, 0.1) is 0 Å². The van der Waals surface area contributed by atoms with Crippen molar-refractivity contribution in [1.29, 1.82) is 0 Å². The minimum atomic E-state index is -0.360. The van der Waals surface area contributed by atoms with Crippen molar-refractivity contribution >= 4 is 22.7 Å². The van der Waals surface area contributed by atoms with Crippen molar-refractivity contribution in [3.05, 3.63) is 63.0 Å². The van der Waals surface area contributed by atoms with Gasteiger partial charge < -0.3 is 23.4 Å². The molecule has 0 radical (unpaired) electrons. The summed E-state index contributed by atoms with van der Waals surface area (Å²) in [6, 6.07) is 8.53. The van der Waals surface area contributed by atoms with Crippen molar-refractivity contribution in [3.8, 4) is 17.2 Å². The van der Waals surface area contributed by atoms with E-state index in [0.717, 1.165) is 30.4 Å². The summed E-state index contributed by atoms with van der Waals surface area (Å²) in [7, 11) is 2.90. The maximum absolute atomic E-state index is 12.7. The fourth-order valence-corrected chi connectivity index (χ4v) is 4.54. The number of ketones is 1. The second-order valence-corrected chi connectivity index (χ2v) is 9.30. The van der Waals surface area contributed by atoms with Gasteiger partial charge in [-0.3, -0.25) is 14.4 Å². The predicted octanol–water partition coefficient (Wildman–Crippen LogP) is 5.86. The minimum Gasteiger partial charge on any atom is -0.496 e. The van der Waals surface area contributed by atoms with Crippen LogP contribution in [0.1, 0.15) is 73.7 Å². The van der Waals surface area contributed by atoms with E-state index in [0.29, 0.717) is 65.6 Å². The molecule has 0 unspecified atom stereocenters. The molecule has 8 nitrogen and oxygen atoms in total. The molecule has 1 aromatic heterocycles. The third kappa shape index (κ3) is 7.40. The SMILES string of the molecule is CCCc1c(OCCCOc2ccc3c(=O)cc(CCC(=O)OC)oc3c2CCC)ccc(C(C)=O)c1OC. The van der Waals surface area contributed by atoms with Crippen molar-refractivity contribution in [2.75, 3.05) is 27.4 Å². The summed E-state index contributed by atoms with van der Waals surface area (Å²) in [5, 5.41) is 0.488. The van der Waals surface area contributed by atoms with E-state index in [-0.39, 0.29) is 30.0 Å². The third-order valence-electron chi connectivity index (χ3n) is 6.42. The molecular formula is C31H38O8. The molecule has 8 heteroatoms. The maximum Gasteiger partial charge on any atom is 0.305 e. The summed E-state index contributed by atoms with van der Waals surface area (Å²) in [5.41, 5.74) is 2.63. The molecule has 2 aromatic carbocycles. The van der Waals surface area contributed by atoms with Crippen LogP contribution in [0.4, 0.5) is 0 Å². The van der Waals surface area contributed by atoms with Gasteiger partial charge >= 0.3 is 5.97 Å². The Morgan fingerprint density at radius 1 is 0.872 bits per heavy atom. The Balaban J connectivity index is 1.73. The topological polar surface area (TPSA) is 101 Å². The number of carbonyl (C=O) groups is 2. The first kappa shape index (κ1) is 29.7. The molecule has 0 saturated heterocycles. The highest BCUT2D eigenvalue weighted by Gasteiger charge is 2.18. The predicted molar refractivity (Wildman–Crippen MR) is 149 cm³/mol. The normalized spacial score (nSPS) is 10.9. The largest absolute Gasteiger partial charge is 0.496 e. The molecule has 0 aliphatic carbocycles. The van der Waals surface area contributed by atoms with Gasteiger partial charge in [-0.1, -0.05) is 26.7 Å². The average Bonchev–Trinajstić information content (AvgIpc) is 2.92. The molecule has 0 atom stereocenters. The van der Waals surface area contributed by atoms with E-state index in [2.05, 4.69) is 13.8 Å². The van der Waals surface area contributed by atoms with Gasteiger partial charge in [-0.05, 0) is 44.0 Å². The van der Waals surface area contributed by atoms with Gasteiger partial charge in [0.05, 0.1) is 44.8 Å². The first-order valence-corrected chi connectivity index (χ1v) is 13.5. The Bertz CT molecular complexity index is 1350. The van der Waals surface area contributed by atoms with E-state index in [1.165, 1.54) is 20.1 Å². The molecule has 0 fully saturated rings. The van der Waals surface area contributed by atoms with Gasteiger partial charge in [-0.25, -0.2) is 0 Å². The minimum absolute atomic E-state index is 0.0474. The Morgan fingerprint density at radius 2 is 1.51 bits per heavy atom. The number of hydrogen-bond acceptors (Lipinski definition) is 8. The lowest BCUT2D eigenvalue weighted by Gasteiger charge is -2.17. The molecule has 0 bridgehead atoms. The number of fused-ring (bicyclic) bond motifs is 1. The van der Waals surface area contributed by atoms with Gasteiger partial charge in [0.15, 0.2) is 11.2 Å². The number of aryl methyl sites for hydroxylation is 2. The Labute approximate surface area is 229 Å². The van der Waals surface area contributed by atoms with Gasteiger partial charge in [-0.15, -0.1) is 0 Å². The van der Waals surface area contributed by atoms with Gasteiger partial charge in [0.25, 0.3) is 0 Å². The van der Waals surface area contributed by atoms with E-state index < -0.39 is 0 Å². The molecule has 210 valence electrons. The molecule has 0 amide bonds. The molecule has 3 aromatic rings. The second-order valence-electron chi connectivity index (χ2n) is 9.30. The third-order valence-corrected chi connectivity index (χ3v) is 6.42. The summed E-state index contributed by atoms with van der Waals surface area (Å²) in [4.78, 5) is 36.3. The van der Waals surface area contributed by atoms with Crippen LogP contribution >= 0.6 is 0 Å². The Hall–Kier alpha value is -3.81. The van der Waals surface area contributed by atoms with Crippen molar-refractivity contribution in [2.45, 2.75) is 65.7 Å². The second kappa shape index (κ2) is 14.4. The lowest BCUT2D eigenvalue weighted by Crippen LogP contribution is -2.10. The first-order chi connectivity index (χ1) is 18.8. The lowest BCUT2D eigenvalue weighted by atomic mass is 10.0. The zero-order valence-corrected chi connectivity index (χ0v) is 23.5. The number of benzene rings is 2. The summed E-state index contributed by atoms with van der Waals surface area (Å²) in [6.07, 6.45) is 4.18. The Morgan fingerprint density at radius 3 is 2.13 bits per heavy atom. The quantitative estimate of drug-likeness (QED) is 0.135. The Kier molecular flexibility index (Phi) is 11.0. The highest BCUT2D eigenvalue weighted by molar-refractivity contribution is 5.97. The highest BCUT2D eigenvalue weighted by atomic mass is 16.5. The summed E-state index contributed by atoms with van der Waals surface area (Å²) in [6.45, 7) is 6.47. The number of carbonyl (C=O) groups excluding carboxylic acids is 2. The van der Waals surface area contributed by atoms with Crippen LogP contribution in [-0.4, -0.2) is 39.2 Å². The number of hydrogen-bond donors (Lipinski definition) is 0. The van der Waals surface area contributed by atoms with Crippen molar-refractivity contribution in [2.24, 2.45) is 0 Å². The maximum atomic E-state index is 12.7. The fourth-order valence-electron chi connectivity index (χ4n) is 4.54. The van der Waals surface area contributed by atoms with Gasteiger partial charge in [-0.2, -0.15) is 0 Å². The van der Waals surface area contributed by atoms with Crippen LogP contribution in [-0.2, 0) is 28.8 Å². The molecule has 0 saturated carbocycles. The van der Waals surface area contributed by atoms with Crippen LogP contribution < -0.4 is 19.6 Å². The number of rotatable bonds is 15. The van der Waals surface area contributed by atoms with Crippen molar-refractivity contribution in [3.63, 3.8) is 0 Å². The van der Waals surface area contributed by atoms with E-state index in [4.69, 9.17) is 23.4 Å². The zero-order chi connectivity index (χ0) is 28.4.